The molecule has 0 aliphatic carbocycles. The second-order valence-corrected chi connectivity index (χ2v) is 7.12. The highest BCUT2D eigenvalue weighted by molar-refractivity contribution is 5.94. The Hall–Kier alpha value is -3.42. The first-order chi connectivity index (χ1) is 13.8. The molecule has 8 heteroatoms. The van der Waals surface area contributed by atoms with E-state index in [9.17, 15) is 4.79 Å². The van der Waals surface area contributed by atoms with Gasteiger partial charge in [0, 0.05) is 50.2 Å². The fraction of sp³-hybridized carbons (Fsp3) is 0.333. The number of carbonyl (C=O) groups is 1. The normalized spacial score (nSPS) is 10.7. The second kappa shape index (κ2) is 8.72. The highest BCUT2D eigenvalue weighted by Crippen LogP contribution is 2.14. The predicted octanol–water partition coefficient (Wildman–Crippen LogP) is 2.50. The minimum absolute atomic E-state index is 0.0979. The SMILES string of the molecule is Cc1cc(C)n(-c2cc(NCCNC(=O)c3ccc(N(C)C)cc3)nc(C)n2)n1. The quantitative estimate of drug-likeness (QED) is 0.600. The Morgan fingerprint density at radius 3 is 2.38 bits per heavy atom. The van der Waals surface area contributed by atoms with E-state index in [2.05, 4.69) is 25.7 Å². The van der Waals surface area contributed by atoms with Crippen LogP contribution in [-0.4, -0.2) is 52.8 Å². The number of aryl methyl sites for hydroxylation is 3. The smallest absolute Gasteiger partial charge is 0.251 e. The molecule has 2 N–H and O–H groups in total. The molecule has 152 valence electrons. The van der Waals surface area contributed by atoms with Gasteiger partial charge >= 0.3 is 0 Å². The standard InChI is InChI=1S/C21H27N7O/c1-14-12-15(2)28(26-14)20-13-19(24-16(3)25-20)22-10-11-23-21(29)17-6-8-18(9-7-17)27(4)5/h6-9,12-13H,10-11H2,1-5H3,(H,23,29)(H,22,24,25). The van der Waals surface area contributed by atoms with Crippen molar-refractivity contribution in [3.63, 3.8) is 0 Å². The van der Waals surface area contributed by atoms with E-state index in [4.69, 9.17) is 0 Å². The van der Waals surface area contributed by atoms with Crippen molar-refractivity contribution in [1.29, 1.82) is 0 Å². The topological polar surface area (TPSA) is 88.0 Å². The lowest BCUT2D eigenvalue weighted by atomic mass is 10.2. The van der Waals surface area contributed by atoms with Crippen LogP contribution in [0.15, 0.2) is 36.4 Å². The minimum atomic E-state index is -0.0979. The summed E-state index contributed by atoms with van der Waals surface area (Å²) in [6.45, 7) is 6.82. The van der Waals surface area contributed by atoms with Gasteiger partial charge in [0.05, 0.1) is 5.69 Å². The number of nitrogens with one attached hydrogen (secondary N) is 2. The highest BCUT2D eigenvalue weighted by Gasteiger charge is 2.09. The van der Waals surface area contributed by atoms with E-state index in [-0.39, 0.29) is 5.91 Å². The first kappa shape index (κ1) is 20.3. The number of carbonyl (C=O) groups excluding carboxylic acids is 1. The van der Waals surface area contributed by atoms with Crippen LogP contribution in [0.25, 0.3) is 5.82 Å². The Morgan fingerprint density at radius 2 is 1.76 bits per heavy atom. The van der Waals surface area contributed by atoms with E-state index in [1.54, 1.807) is 4.68 Å². The van der Waals surface area contributed by atoms with Crippen LogP contribution in [0, 0.1) is 20.8 Å². The fourth-order valence-electron chi connectivity index (χ4n) is 2.99. The monoisotopic (exact) mass is 393 g/mol. The molecule has 0 aliphatic heterocycles. The first-order valence-electron chi connectivity index (χ1n) is 9.52. The van der Waals surface area contributed by atoms with Gasteiger partial charge in [-0.3, -0.25) is 4.79 Å². The summed E-state index contributed by atoms with van der Waals surface area (Å²) in [4.78, 5) is 23.2. The van der Waals surface area contributed by atoms with Crippen LogP contribution in [-0.2, 0) is 0 Å². The van der Waals surface area contributed by atoms with Crippen molar-refractivity contribution in [2.24, 2.45) is 0 Å². The van der Waals surface area contributed by atoms with Crippen LogP contribution in [0.3, 0.4) is 0 Å². The highest BCUT2D eigenvalue weighted by atomic mass is 16.1. The molecule has 1 amide bonds. The van der Waals surface area contributed by atoms with Gasteiger partial charge in [-0.2, -0.15) is 5.10 Å². The Balaban J connectivity index is 1.56. The van der Waals surface area contributed by atoms with Gasteiger partial charge in [0.1, 0.15) is 11.6 Å². The number of aromatic nitrogens is 4. The zero-order chi connectivity index (χ0) is 21.0. The van der Waals surface area contributed by atoms with Crippen LogP contribution in [0.4, 0.5) is 11.5 Å². The van der Waals surface area contributed by atoms with E-state index in [1.165, 1.54) is 0 Å². The lowest BCUT2D eigenvalue weighted by Gasteiger charge is -2.13. The van der Waals surface area contributed by atoms with E-state index in [0.717, 1.165) is 22.9 Å². The molecule has 0 aliphatic rings. The van der Waals surface area contributed by atoms with Gasteiger partial charge in [-0.25, -0.2) is 14.6 Å². The van der Waals surface area contributed by atoms with Gasteiger partial charge in [-0.15, -0.1) is 0 Å². The number of amides is 1. The Morgan fingerprint density at radius 1 is 1.03 bits per heavy atom. The zero-order valence-corrected chi connectivity index (χ0v) is 17.5. The lowest BCUT2D eigenvalue weighted by molar-refractivity contribution is 0.0955. The third-order valence-electron chi connectivity index (χ3n) is 4.41. The molecular weight excluding hydrogens is 366 g/mol. The molecule has 3 rings (SSSR count). The third kappa shape index (κ3) is 5.10. The Kier molecular flexibility index (Phi) is 6.11. The van der Waals surface area contributed by atoms with Crippen molar-refractivity contribution >= 4 is 17.4 Å². The number of anilines is 2. The summed E-state index contributed by atoms with van der Waals surface area (Å²) >= 11 is 0. The molecule has 0 radical (unpaired) electrons. The molecule has 29 heavy (non-hydrogen) atoms. The molecule has 0 fully saturated rings. The van der Waals surface area contributed by atoms with Crippen molar-refractivity contribution in [2.75, 3.05) is 37.4 Å². The lowest BCUT2D eigenvalue weighted by Crippen LogP contribution is -2.29. The molecular formula is C21H27N7O. The van der Waals surface area contributed by atoms with Crippen molar-refractivity contribution in [1.82, 2.24) is 25.1 Å². The largest absolute Gasteiger partial charge is 0.378 e. The predicted molar refractivity (Wildman–Crippen MR) is 115 cm³/mol. The van der Waals surface area contributed by atoms with Crippen LogP contribution < -0.4 is 15.5 Å². The third-order valence-corrected chi connectivity index (χ3v) is 4.41. The van der Waals surface area contributed by atoms with E-state index in [1.807, 2.05) is 76.2 Å². The maximum atomic E-state index is 12.3. The minimum Gasteiger partial charge on any atom is -0.378 e. The summed E-state index contributed by atoms with van der Waals surface area (Å²) in [6.07, 6.45) is 0. The summed E-state index contributed by atoms with van der Waals surface area (Å²) < 4.78 is 1.80. The second-order valence-electron chi connectivity index (χ2n) is 7.12. The van der Waals surface area contributed by atoms with E-state index >= 15 is 0 Å². The van der Waals surface area contributed by atoms with Crippen molar-refractivity contribution in [3.8, 4) is 5.82 Å². The molecule has 0 atom stereocenters. The molecule has 0 spiro atoms. The summed E-state index contributed by atoms with van der Waals surface area (Å²) in [6, 6.07) is 11.4. The van der Waals surface area contributed by atoms with Gasteiger partial charge in [0.25, 0.3) is 5.91 Å². The number of hydrogen-bond acceptors (Lipinski definition) is 6. The maximum absolute atomic E-state index is 12.3. The summed E-state index contributed by atoms with van der Waals surface area (Å²) in [7, 11) is 3.94. The average Bonchev–Trinajstić information content (AvgIpc) is 3.03. The van der Waals surface area contributed by atoms with Gasteiger partial charge in [-0.05, 0) is 51.1 Å². The summed E-state index contributed by atoms with van der Waals surface area (Å²) in [5, 5.41) is 10.6. The van der Waals surface area contributed by atoms with Crippen molar-refractivity contribution in [3.05, 3.63) is 59.2 Å². The Labute approximate surface area is 171 Å². The van der Waals surface area contributed by atoms with Gasteiger partial charge in [-0.1, -0.05) is 0 Å². The Bertz CT molecular complexity index is 993. The van der Waals surface area contributed by atoms with E-state index < -0.39 is 0 Å². The molecule has 0 saturated heterocycles. The number of hydrogen-bond donors (Lipinski definition) is 2. The van der Waals surface area contributed by atoms with Gasteiger partial charge in [0.15, 0.2) is 5.82 Å². The molecule has 2 aromatic heterocycles. The van der Waals surface area contributed by atoms with Gasteiger partial charge in [0.2, 0.25) is 0 Å². The van der Waals surface area contributed by atoms with E-state index in [0.29, 0.717) is 30.3 Å². The molecule has 8 nitrogen and oxygen atoms in total. The summed E-state index contributed by atoms with van der Waals surface area (Å²) in [5.74, 6) is 1.97. The first-order valence-corrected chi connectivity index (χ1v) is 9.52. The molecule has 0 saturated carbocycles. The number of nitrogens with zero attached hydrogens (tertiary/aromatic N) is 5. The van der Waals surface area contributed by atoms with Crippen molar-refractivity contribution < 1.29 is 4.79 Å². The molecule has 2 heterocycles. The summed E-state index contributed by atoms with van der Waals surface area (Å²) in [5.41, 5.74) is 3.65. The van der Waals surface area contributed by atoms with Crippen molar-refractivity contribution in [2.45, 2.75) is 20.8 Å². The molecule has 1 aromatic carbocycles. The van der Waals surface area contributed by atoms with Crippen LogP contribution in [0.2, 0.25) is 0 Å². The average molecular weight is 393 g/mol. The van der Waals surface area contributed by atoms with Crippen LogP contribution in [0.1, 0.15) is 27.6 Å². The molecule has 0 bridgehead atoms. The van der Waals surface area contributed by atoms with Crippen LogP contribution >= 0.6 is 0 Å². The fourth-order valence-corrected chi connectivity index (χ4v) is 2.99. The number of rotatable bonds is 7. The number of benzene rings is 1. The van der Waals surface area contributed by atoms with Gasteiger partial charge < -0.3 is 15.5 Å². The zero-order valence-electron chi connectivity index (χ0n) is 17.5. The molecule has 0 unspecified atom stereocenters. The van der Waals surface area contributed by atoms with Crippen LogP contribution in [0.5, 0.6) is 0 Å². The maximum Gasteiger partial charge on any atom is 0.251 e. The molecule has 3 aromatic rings.